The zero-order valence-electron chi connectivity index (χ0n) is 43.8. The van der Waals surface area contributed by atoms with E-state index in [4.69, 9.17) is 6.42 Å². The lowest BCUT2D eigenvalue weighted by atomic mass is 9.35. The molecule has 0 fully saturated rings. The van der Waals surface area contributed by atoms with Gasteiger partial charge in [-0.2, -0.15) is 0 Å². The highest BCUT2D eigenvalue weighted by molar-refractivity contribution is 6.88. The van der Waals surface area contributed by atoms with Gasteiger partial charge in [0.15, 0.2) is 0 Å². The van der Waals surface area contributed by atoms with Gasteiger partial charge in [-0.1, -0.05) is 229 Å². The molecule has 8 aromatic rings. The predicted octanol–water partition coefficient (Wildman–Crippen LogP) is 17.7. The first kappa shape index (κ1) is 49.5. The topological polar surface area (TPSA) is 0 Å². The summed E-state index contributed by atoms with van der Waals surface area (Å²) in [6.45, 7) is 37.2. The summed E-state index contributed by atoms with van der Waals surface area (Å²) < 4.78 is 0. The quantitative estimate of drug-likeness (QED) is 0.0469. The predicted molar refractivity (Wildman–Crippen MR) is 305 cm³/mol. The van der Waals surface area contributed by atoms with Crippen molar-refractivity contribution < 1.29 is 0 Å². The van der Waals surface area contributed by atoms with Crippen LogP contribution in [0.5, 0.6) is 0 Å². The van der Waals surface area contributed by atoms with Gasteiger partial charge in [-0.25, -0.2) is 0 Å². The molecule has 0 saturated carbocycles. The Hall–Kier alpha value is -6.36. The molecule has 0 N–H and O–H groups in total. The van der Waals surface area contributed by atoms with Gasteiger partial charge in [0.2, 0.25) is 6.71 Å². The Bertz CT molecular complexity index is 3130. The van der Waals surface area contributed by atoms with Crippen LogP contribution in [0.4, 0.5) is 0 Å². The van der Waals surface area contributed by atoms with Crippen LogP contribution in [0.3, 0.4) is 0 Å². The van der Waals surface area contributed by atoms with Gasteiger partial charge in [-0.05, 0) is 164 Å². The standard InChI is InChI=1S/C64H67B.C3H6/c1-16-17-40(2)34-42(4)39-65(61-43(5)35-41(3)36-44(61)6)58-38-57(47-22-28-50(29-23-47)64(13,14)15)53-31-30-51-55(45-18-24-48(25-19-45)62(7,8)9)37-56(52-32-33-54(58)60(53)59(51)52)46-20-26-49(27-21-46)63(10,11)12;1-3-2/h1,17-38H,39H2,2-15H3;3H,1H2,2H3/b40-17-,42-34-;. The minimum absolute atomic E-state index is 0.0523. The minimum atomic E-state index is 0.0523. The number of aryl methyl sites for hydroxylation is 3. The smallest absolute Gasteiger partial charge is 0.115 e. The van der Waals surface area contributed by atoms with Gasteiger partial charge >= 0.3 is 0 Å². The maximum absolute atomic E-state index is 5.77. The monoisotopic (exact) mass is 889 g/mol. The first-order chi connectivity index (χ1) is 32.0. The van der Waals surface area contributed by atoms with Gasteiger partial charge in [-0.3, -0.25) is 0 Å². The average molecular weight is 889 g/mol. The molecule has 0 heterocycles. The molecule has 0 aromatic heterocycles. The molecule has 1 heteroatoms. The molecule has 0 aliphatic carbocycles. The molecule has 0 radical (unpaired) electrons. The van der Waals surface area contributed by atoms with Crippen LogP contribution in [0.1, 0.15) is 116 Å². The van der Waals surface area contributed by atoms with E-state index in [-0.39, 0.29) is 23.0 Å². The molecule has 0 bridgehead atoms. The third-order valence-electron chi connectivity index (χ3n) is 13.9. The lowest BCUT2D eigenvalue weighted by Gasteiger charge is -2.26. The summed E-state index contributed by atoms with van der Waals surface area (Å²) in [4.78, 5) is 0. The number of hydrogen-bond acceptors (Lipinski definition) is 0. The van der Waals surface area contributed by atoms with Crippen LogP contribution in [-0.2, 0) is 16.2 Å². The van der Waals surface area contributed by atoms with E-state index in [1.165, 1.54) is 116 Å². The summed E-state index contributed by atoms with van der Waals surface area (Å²) in [7, 11) is 0. The Morgan fingerprint density at radius 2 is 0.897 bits per heavy atom. The Balaban J connectivity index is 0.00000222. The number of allylic oxidation sites excluding steroid dienone is 5. The van der Waals surface area contributed by atoms with Gasteiger partial charge in [0, 0.05) is 0 Å². The molecular weight excluding hydrogens is 816 g/mol. The van der Waals surface area contributed by atoms with Crippen LogP contribution >= 0.6 is 0 Å². The van der Waals surface area contributed by atoms with E-state index < -0.39 is 0 Å². The molecule has 8 rings (SSSR count). The Labute approximate surface area is 410 Å². The molecule has 0 nitrogen and oxygen atoms in total. The SMILES string of the molecule is C#C/C=C(C)\C=C(\C)CB(c1c(C)cc(C)cc1C)c1cc(-c2ccc(C(C)(C)C)cc2)c2ccc3c(-c4ccc(C(C)(C)C)cc4)cc(-c4ccc(C(C)(C)C)cc4)c4ccc1c2c43.C=CC. The molecule has 344 valence electrons. The summed E-state index contributed by atoms with van der Waals surface area (Å²) in [5.41, 5.74) is 20.8. The number of benzene rings is 8. The third kappa shape index (κ3) is 10.1. The van der Waals surface area contributed by atoms with Crippen molar-refractivity contribution in [2.24, 2.45) is 0 Å². The van der Waals surface area contributed by atoms with E-state index in [9.17, 15) is 0 Å². The fourth-order valence-corrected chi connectivity index (χ4v) is 10.5. The highest BCUT2D eigenvalue weighted by atomic mass is 14.3. The van der Waals surface area contributed by atoms with Crippen LogP contribution in [0.25, 0.3) is 65.7 Å². The van der Waals surface area contributed by atoms with Gasteiger partial charge in [-0.15, -0.1) is 13.0 Å². The second-order valence-electron chi connectivity index (χ2n) is 22.6. The molecule has 0 amide bonds. The largest absolute Gasteiger partial charge is 0.214 e. The Morgan fingerprint density at radius 3 is 1.26 bits per heavy atom. The summed E-state index contributed by atoms with van der Waals surface area (Å²) >= 11 is 0. The molecule has 0 spiro atoms. The average Bonchev–Trinajstić information content (AvgIpc) is 3.27. The van der Waals surface area contributed by atoms with E-state index in [2.05, 4.69) is 237 Å². The maximum Gasteiger partial charge on any atom is 0.214 e. The van der Waals surface area contributed by atoms with Crippen LogP contribution in [-0.4, -0.2) is 6.71 Å². The van der Waals surface area contributed by atoms with Crippen molar-refractivity contribution in [3.63, 3.8) is 0 Å². The number of hydrogen-bond donors (Lipinski definition) is 0. The zero-order chi connectivity index (χ0) is 49.5. The normalized spacial score (nSPS) is 12.6. The summed E-state index contributed by atoms with van der Waals surface area (Å²) in [5, 5.41) is 7.84. The first-order valence-corrected chi connectivity index (χ1v) is 24.6. The first-order valence-electron chi connectivity index (χ1n) is 24.6. The van der Waals surface area contributed by atoms with Crippen molar-refractivity contribution in [3.8, 4) is 45.7 Å². The minimum Gasteiger partial charge on any atom is -0.115 e. The highest BCUT2D eigenvalue weighted by Gasteiger charge is 2.29. The molecule has 0 aliphatic heterocycles. The third-order valence-corrected chi connectivity index (χ3v) is 13.9. The van der Waals surface area contributed by atoms with Gasteiger partial charge < -0.3 is 0 Å². The van der Waals surface area contributed by atoms with Crippen molar-refractivity contribution in [2.75, 3.05) is 0 Å². The van der Waals surface area contributed by atoms with E-state index in [1.54, 1.807) is 6.08 Å². The van der Waals surface area contributed by atoms with Crippen molar-refractivity contribution >= 4 is 50.0 Å². The fraction of sp³-hybridized carbons (Fsp3) is 0.284. The molecule has 68 heavy (non-hydrogen) atoms. The van der Waals surface area contributed by atoms with Crippen molar-refractivity contribution in [3.05, 3.63) is 191 Å². The number of terminal acetylenes is 1. The highest BCUT2D eigenvalue weighted by Crippen LogP contribution is 2.46. The van der Waals surface area contributed by atoms with E-state index >= 15 is 0 Å². The lowest BCUT2D eigenvalue weighted by Crippen LogP contribution is -2.45. The lowest BCUT2D eigenvalue weighted by molar-refractivity contribution is 0.590. The number of rotatable bonds is 8. The molecule has 0 saturated heterocycles. The molecule has 8 aromatic carbocycles. The van der Waals surface area contributed by atoms with E-state index in [0.29, 0.717) is 0 Å². The van der Waals surface area contributed by atoms with Crippen molar-refractivity contribution in [2.45, 2.75) is 126 Å². The van der Waals surface area contributed by atoms with Crippen LogP contribution in [0.2, 0.25) is 6.32 Å². The Morgan fingerprint density at radius 1 is 0.544 bits per heavy atom. The van der Waals surface area contributed by atoms with E-state index in [0.717, 1.165) is 11.9 Å². The molecular formula is C67H73B. The second kappa shape index (κ2) is 19.3. The van der Waals surface area contributed by atoms with Gasteiger partial charge in [0.05, 0.1) is 0 Å². The zero-order valence-corrected chi connectivity index (χ0v) is 43.8. The second-order valence-corrected chi connectivity index (χ2v) is 22.6. The summed E-state index contributed by atoms with van der Waals surface area (Å²) in [6, 6.07) is 47.6. The maximum atomic E-state index is 5.77. The molecule has 0 unspecified atom stereocenters. The molecule has 0 aliphatic rings. The Kier molecular flexibility index (Phi) is 14.1. The fourth-order valence-electron chi connectivity index (χ4n) is 10.5. The summed E-state index contributed by atoms with van der Waals surface area (Å²) in [5.74, 6) is 2.75. The van der Waals surface area contributed by atoms with Crippen LogP contribution in [0.15, 0.2) is 157 Å². The van der Waals surface area contributed by atoms with Crippen LogP contribution < -0.4 is 10.9 Å². The van der Waals surface area contributed by atoms with Crippen molar-refractivity contribution in [1.82, 2.24) is 0 Å². The molecule has 0 atom stereocenters. The van der Waals surface area contributed by atoms with E-state index in [1.807, 2.05) is 13.0 Å². The summed E-state index contributed by atoms with van der Waals surface area (Å²) in [6.07, 6.45) is 12.5. The van der Waals surface area contributed by atoms with Crippen LogP contribution in [0, 0.1) is 33.1 Å². The van der Waals surface area contributed by atoms with Crippen molar-refractivity contribution in [1.29, 1.82) is 0 Å². The van der Waals surface area contributed by atoms with Gasteiger partial charge in [0.1, 0.15) is 0 Å². The van der Waals surface area contributed by atoms with Gasteiger partial charge in [0.25, 0.3) is 0 Å².